The van der Waals surface area contributed by atoms with Crippen LogP contribution < -0.4 is 5.32 Å². The highest BCUT2D eigenvalue weighted by Crippen LogP contribution is 2.35. The molecule has 0 unspecified atom stereocenters. The van der Waals surface area contributed by atoms with Crippen LogP contribution in [0, 0.1) is 5.92 Å². The van der Waals surface area contributed by atoms with Gasteiger partial charge in [0.15, 0.2) is 0 Å². The van der Waals surface area contributed by atoms with Crippen LogP contribution >= 0.6 is 0 Å². The van der Waals surface area contributed by atoms with E-state index < -0.39 is 0 Å². The van der Waals surface area contributed by atoms with Crippen LogP contribution in [0.1, 0.15) is 46.0 Å². The fraction of sp³-hybridized carbons (Fsp3) is 0.923. The Kier molecular flexibility index (Phi) is 3.53. The van der Waals surface area contributed by atoms with Gasteiger partial charge in [0, 0.05) is 25.6 Å². The van der Waals surface area contributed by atoms with Crippen molar-refractivity contribution < 1.29 is 4.79 Å². The number of piperazine rings is 1. The SMILES string of the molecule is CC(C)C(=O)N1CCNCC12CCCCC2. The van der Waals surface area contributed by atoms with Crippen LogP contribution in [0.3, 0.4) is 0 Å². The summed E-state index contributed by atoms with van der Waals surface area (Å²) in [6.45, 7) is 6.89. The lowest BCUT2D eigenvalue weighted by molar-refractivity contribution is -0.144. The Morgan fingerprint density at radius 1 is 1.25 bits per heavy atom. The van der Waals surface area contributed by atoms with Crippen molar-refractivity contribution in [1.29, 1.82) is 0 Å². The summed E-state index contributed by atoms with van der Waals surface area (Å²) in [6, 6.07) is 0. The largest absolute Gasteiger partial charge is 0.334 e. The van der Waals surface area contributed by atoms with E-state index in [0.717, 1.165) is 19.6 Å². The molecule has 3 nitrogen and oxygen atoms in total. The van der Waals surface area contributed by atoms with Crippen molar-refractivity contribution in [3.8, 4) is 0 Å². The Morgan fingerprint density at radius 3 is 2.56 bits per heavy atom. The van der Waals surface area contributed by atoms with Gasteiger partial charge in [0.1, 0.15) is 0 Å². The molecule has 2 fully saturated rings. The lowest BCUT2D eigenvalue weighted by Crippen LogP contribution is -2.64. The summed E-state index contributed by atoms with van der Waals surface area (Å²) in [4.78, 5) is 14.5. The summed E-state index contributed by atoms with van der Waals surface area (Å²) in [6.07, 6.45) is 6.29. The number of nitrogens with one attached hydrogen (secondary N) is 1. The molecule has 1 amide bonds. The maximum Gasteiger partial charge on any atom is 0.225 e. The minimum atomic E-state index is 0.136. The normalized spacial score (nSPS) is 25.1. The molecule has 1 heterocycles. The maximum atomic E-state index is 12.3. The van der Waals surface area contributed by atoms with Crippen LogP contribution in [0.15, 0.2) is 0 Å². The summed E-state index contributed by atoms with van der Waals surface area (Å²) in [5.74, 6) is 0.486. The summed E-state index contributed by atoms with van der Waals surface area (Å²) < 4.78 is 0. The minimum Gasteiger partial charge on any atom is -0.334 e. The van der Waals surface area contributed by atoms with Gasteiger partial charge in [-0.25, -0.2) is 0 Å². The molecule has 1 aliphatic carbocycles. The van der Waals surface area contributed by atoms with Gasteiger partial charge in [-0.1, -0.05) is 33.1 Å². The number of carbonyl (C=O) groups is 1. The number of rotatable bonds is 1. The first kappa shape index (κ1) is 11.9. The Bertz CT molecular complexity index is 248. The molecule has 1 N–H and O–H groups in total. The number of hydrogen-bond acceptors (Lipinski definition) is 2. The molecular formula is C13H24N2O. The molecule has 2 aliphatic rings. The Morgan fingerprint density at radius 2 is 1.94 bits per heavy atom. The van der Waals surface area contributed by atoms with Gasteiger partial charge in [-0.2, -0.15) is 0 Å². The first-order valence-corrected chi connectivity index (χ1v) is 6.68. The molecule has 0 aromatic heterocycles. The van der Waals surface area contributed by atoms with E-state index in [9.17, 15) is 4.79 Å². The summed E-state index contributed by atoms with van der Waals surface area (Å²) in [5.41, 5.74) is 0.151. The average Bonchev–Trinajstić information content (AvgIpc) is 2.30. The molecule has 1 aliphatic heterocycles. The third kappa shape index (κ3) is 2.10. The molecular weight excluding hydrogens is 200 g/mol. The lowest BCUT2D eigenvalue weighted by Gasteiger charge is -2.50. The summed E-state index contributed by atoms with van der Waals surface area (Å²) in [5, 5.41) is 3.48. The van der Waals surface area contributed by atoms with E-state index in [1.54, 1.807) is 0 Å². The lowest BCUT2D eigenvalue weighted by atomic mass is 9.78. The van der Waals surface area contributed by atoms with E-state index in [-0.39, 0.29) is 11.5 Å². The van der Waals surface area contributed by atoms with Gasteiger partial charge in [-0.05, 0) is 12.8 Å². The summed E-state index contributed by atoms with van der Waals surface area (Å²) >= 11 is 0. The van der Waals surface area contributed by atoms with Gasteiger partial charge < -0.3 is 10.2 Å². The molecule has 1 saturated heterocycles. The van der Waals surface area contributed by atoms with Gasteiger partial charge in [0.25, 0.3) is 0 Å². The first-order valence-electron chi connectivity index (χ1n) is 6.68. The predicted octanol–water partition coefficient (Wildman–Crippen LogP) is 1.78. The van der Waals surface area contributed by atoms with E-state index in [1.165, 1.54) is 32.1 Å². The molecule has 2 rings (SSSR count). The van der Waals surface area contributed by atoms with Crippen molar-refractivity contribution in [3.05, 3.63) is 0 Å². The van der Waals surface area contributed by atoms with Gasteiger partial charge in [0.05, 0.1) is 5.54 Å². The second-order valence-corrected chi connectivity index (χ2v) is 5.61. The Labute approximate surface area is 98.6 Å². The predicted molar refractivity (Wildman–Crippen MR) is 65.2 cm³/mol. The number of amides is 1. The second kappa shape index (κ2) is 4.74. The van der Waals surface area contributed by atoms with E-state index in [0.29, 0.717) is 5.91 Å². The Balaban J connectivity index is 2.15. The molecule has 0 atom stereocenters. The molecule has 3 heteroatoms. The van der Waals surface area contributed by atoms with Crippen molar-refractivity contribution in [3.63, 3.8) is 0 Å². The third-order valence-corrected chi connectivity index (χ3v) is 4.08. The highest BCUT2D eigenvalue weighted by Gasteiger charge is 2.42. The van der Waals surface area contributed by atoms with E-state index >= 15 is 0 Å². The van der Waals surface area contributed by atoms with Gasteiger partial charge in [0.2, 0.25) is 5.91 Å². The number of hydrogen-bond donors (Lipinski definition) is 1. The van der Waals surface area contributed by atoms with Crippen molar-refractivity contribution >= 4 is 5.91 Å². The fourth-order valence-electron chi connectivity index (χ4n) is 3.16. The van der Waals surface area contributed by atoms with E-state index in [2.05, 4.69) is 10.2 Å². The second-order valence-electron chi connectivity index (χ2n) is 5.61. The van der Waals surface area contributed by atoms with Crippen LogP contribution in [-0.4, -0.2) is 36.0 Å². The zero-order valence-electron chi connectivity index (χ0n) is 10.6. The van der Waals surface area contributed by atoms with Crippen molar-refractivity contribution in [2.24, 2.45) is 5.92 Å². The van der Waals surface area contributed by atoms with Crippen LogP contribution in [0.2, 0.25) is 0 Å². The monoisotopic (exact) mass is 224 g/mol. The molecule has 0 aromatic rings. The highest BCUT2D eigenvalue weighted by molar-refractivity contribution is 5.79. The van der Waals surface area contributed by atoms with E-state index in [4.69, 9.17) is 0 Å². The zero-order chi connectivity index (χ0) is 11.6. The van der Waals surface area contributed by atoms with Crippen molar-refractivity contribution in [2.45, 2.75) is 51.5 Å². The smallest absolute Gasteiger partial charge is 0.225 e. The van der Waals surface area contributed by atoms with Gasteiger partial charge in [-0.15, -0.1) is 0 Å². The molecule has 92 valence electrons. The number of nitrogens with zero attached hydrogens (tertiary/aromatic N) is 1. The van der Waals surface area contributed by atoms with Crippen LogP contribution in [-0.2, 0) is 4.79 Å². The summed E-state index contributed by atoms with van der Waals surface area (Å²) in [7, 11) is 0. The molecule has 0 radical (unpaired) electrons. The number of carbonyl (C=O) groups excluding carboxylic acids is 1. The quantitative estimate of drug-likeness (QED) is 0.736. The minimum absolute atomic E-state index is 0.136. The van der Waals surface area contributed by atoms with Crippen molar-refractivity contribution in [2.75, 3.05) is 19.6 Å². The zero-order valence-corrected chi connectivity index (χ0v) is 10.6. The topological polar surface area (TPSA) is 32.3 Å². The molecule has 0 aromatic carbocycles. The van der Waals surface area contributed by atoms with Crippen LogP contribution in [0.4, 0.5) is 0 Å². The van der Waals surface area contributed by atoms with Crippen LogP contribution in [0.25, 0.3) is 0 Å². The molecule has 1 saturated carbocycles. The van der Waals surface area contributed by atoms with E-state index in [1.807, 2.05) is 13.8 Å². The first-order chi connectivity index (χ1) is 7.66. The third-order valence-electron chi connectivity index (χ3n) is 4.08. The van der Waals surface area contributed by atoms with Gasteiger partial charge in [-0.3, -0.25) is 4.79 Å². The van der Waals surface area contributed by atoms with Crippen molar-refractivity contribution in [1.82, 2.24) is 10.2 Å². The Hall–Kier alpha value is -0.570. The van der Waals surface area contributed by atoms with Crippen LogP contribution in [0.5, 0.6) is 0 Å². The standard InChI is InChI=1S/C13H24N2O/c1-11(2)12(16)15-9-8-14-10-13(15)6-4-3-5-7-13/h11,14H,3-10H2,1-2H3. The highest BCUT2D eigenvalue weighted by atomic mass is 16.2. The van der Waals surface area contributed by atoms with Gasteiger partial charge >= 0.3 is 0 Å². The fourth-order valence-corrected chi connectivity index (χ4v) is 3.16. The maximum absolute atomic E-state index is 12.3. The molecule has 1 spiro atoms. The average molecular weight is 224 g/mol. The molecule has 0 bridgehead atoms. The molecule has 16 heavy (non-hydrogen) atoms.